The molecule has 10 heteroatoms. The molecule has 0 radical (unpaired) electrons. The third-order valence-electron chi connectivity index (χ3n) is 4.38. The van der Waals surface area contributed by atoms with Gasteiger partial charge >= 0.3 is 17.8 Å². The molecule has 0 unspecified atom stereocenters. The second-order valence-corrected chi connectivity index (χ2v) is 7.13. The van der Waals surface area contributed by atoms with Gasteiger partial charge in [-0.1, -0.05) is 17.7 Å². The molecule has 0 aromatic heterocycles. The van der Waals surface area contributed by atoms with Gasteiger partial charge in [0.25, 0.3) is 0 Å². The van der Waals surface area contributed by atoms with Gasteiger partial charge in [-0.3, -0.25) is 9.59 Å². The number of ether oxygens (including phenoxy) is 3. The van der Waals surface area contributed by atoms with Crippen molar-refractivity contribution in [3.05, 3.63) is 82.9 Å². The summed E-state index contributed by atoms with van der Waals surface area (Å²) in [6, 6.07) is 17.5. The standard InChI is InChI=1S/C24H20ClN3O6/c1-32-19-9-7-16(8-10-19)24(31)34-20-11-6-15(12-21(20)33-2)14-26-28-23(30)22(29)27-18-5-3-4-17(25)13-18/h3-14H,1-2H3,(H,27,29)(H,28,30). The summed E-state index contributed by atoms with van der Waals surface area (Å²) in [5.74, 6) is -1.35. The van der Waals surface area contributed by atoms with E-state index in [-0.39, 0.29) is 11.5 Å². The molecule has 0 saturated heterocycles. The highest BCUT2D eigenvalue weighted by molar-refractivity contribution is 6.39. The lowest BCUT2D eigenvalue weighted by atomic mass is 10.2. The Morgan fingerprint density at radius 1 is 0.882 bits per heavy atom. The summed E-state index contributed by atoms with van der Waals surface area (Å²) in [4.78, 5) is 36.3. The number of benzene rings is 3. The van der Waals surface area contributed by atoms with E-state index in [1.807, 2.05) is 0 Å². The summed E-state index contributed by atoms with van der Waals surface area (Å²) in [7, 11) is 2.95. The summed E-state index contributed by atoms with van der Waals surface area (Å²) in [6.45, 7) is 0. The van der Waals surface area contributed by atoms with Gasteiger partial charge in [-0.25, -0.2) is 10.2 Å². The number of anilines is 1. The Labute approximate surface area is 200 Å². The average molecular weight is 482 g/mol. The predicted octanol–water partition coefficient (Wildman–Crippen LogP) is 3.67. The minimum Gasteiger partial charge on any atom is -0.497 e. The number of rotatable bonds is 7. The van der Waals surface area contributed by atoms with E-state index in [2.05, 4.69) is 15.8 Å². The van der Waals surface area contributed by atoms with Crippen LogP contribution in [0.2, 0.25) is 5.02 Å². The van der Waals surface area contributed by atoms with Crippen LogP contribution in [0.15, 0.2) is 71.8 Å². The molecule has 0 heterocycles. The predicted molar refractivity (Wildman–Crippen MR) is 127 cm³/mol. The van der Waals surface area contributed by atoms with Crippen molar-refractivity contribution in [3.63, 3.8) is 0 Å². The number of amides is 2. The van der Waals surface area contributed by atoms with E-state index < -0.39 is 17.8 Å². The molecule has 3 rings (SSSR count). The molecular formula is C24H20ClN3O6. The van der Waals surface area contributed by atoms with Crippen molar-refractivity contribution in [2.75, 3.05) is 19.5 Å². The van der Waals surface area contributed by atoms with Crippen LogP contribution in [0.3, 0.4) is 0 Å². The smallest absolute Gasteiger partial charge is 0.343 e. The van der Waals surface area contributed by atoms with E-state index in [0.717, 1.165) is 0 Å². The fourth-order valence-corrected chi connectivity index (χ4v) is 2.90. The molecule has 0 aliphatic carbocycles. The highest BCUT2D eigenvalue weighted by Gasteiger charge is 2.14. The third kappa shape index (κ3) is 6.57. The zero-order chi connectivity index (χ0) is 24.5. The van der Waals surface area contributed by atoms with Gasteiger partial charge < -0.3 is 19.5 Å². The zero-order valence-corrected chi connectivity index (χ0v) is 19.0. The van der Waals surface area contributed by atoms with E-state index >= 15 is 0 Å². The first-order chi connectivity index (χ1) is 16.4. The first kappa shape index (κ1) is 24.3. The second kappa shape index (κ2) is 11.5. The quantitative estimate of drug-likeness (QED) is 0.175. The van der Waals surface area contributed by atoms with E-state index in [9.17, 15) is 14.4 Å². The van der Waals surface area contributed by atoms with Gasteiger partial charge in [0.05, 0.1) is 26.0 Å². The van der Waals surface area contributed by atoms with Gasteiger partial charge in [0.1, 0.15) is 5.75 Å². The van der Waals surface area contributed by atoms with E-state index in [1.54, 1.807) is 54.6 Å². The molecular weight excluding hydrogens is 462 g/mol. The molecule has 9 nitrogen and oxygen atoms in total. The number of hydrogen-bond donors (Lipinski definition) is 2. The topological polar surface area (TPSA) is 115 Å². The second-order valence-electron chi connectivity index (χ2n) is 6.69. The molecule has 2 amide bonds. The highest BCUT2D eigenvalue weighted by Crippen LogP contribution is 2.28. The Balaban J connectivity index is 1.60. The summed E-state index contributed by atoms with van der Waals surface area (Å²) in [6.07, 6.45) is 1.31. The van der Waals surface area contributed by atoms with Crippen LogP contribution in [0.1, 0.15) is 15.9 Å². The normalized spacial score (nSPS) is 10.4. The van der Waals surface area contributed by atoms with Crippen LogP contribution in [0.25, 0.3) is 0 Å². The van der Waals surface area contributed by atoms with Gasteiger partial charge in [0.15, 0.2) is 11.5 Å². The van der Waals surface area contributed by atoms with E-state index in [1.165, 1.54) is 32.6 Å². The zero-order valence-electron chi connectivity index (χ0n) is 18.2. The van der Waals surface area contributed by atoms with Gasteiger partial charge in [0, 0.05) is 10.7 Å². The van der Waals surface area contributed by atoms with Crippen molar-refractivity contribution < 1.29 is 28.6 Å². The van der Waals surface area contributed by atoms with Crippen molar-refractivity contribution in [2.24, 2.45) is 5.10 Å². The Hall–Kier alpha value is -4.37. The fourth-order valence-electron chi connectivity index (χ4n) is 2.70. The van der Waals surface area contributed by atoms with Gasteiger partial charge in [-0.2, -0.15) is 5.10 Å². The van der Waals surface area contributed by atoms with Crippen molar-refractivity contribution >= 4 is 41.3 Å². The van der Waals surface area contributed by atoms with Crippen LogP contribution >= 0.6 is 11.6 Å². The van der Waals surface area contributed by atoms with Crippen LogP contribution in [0.4, 0.5) is 5.69 Å². The van der Waals surface area contributed by atoms with Crippen LogP contribution in [0, 0.1) is 0 Å². The third-order valence-corrected chi connectivity index (χ3v) is 4.62. The monoisotopic (exact) mass is 481 g/mol. The Morgan fingerprint density at radius 3 is 2.32 bits per heavy atom. The highest BCUT2D eigenvalue weighted by atomic mass is 35.5. The summed E-state index contributed by atoms with van der Waals surface area (Å²) >= 11 is 5.85. The molecule has 0 spiro atoms. The number of methoxy groups -OCH3 is 2. The molecule has 2 N–H and O–H groups in total. The number of nitrogens with zero attached hydrogens (tertiary/aromatic N) is 1. The van der Waals surface area contributed by atoms with Gasteiger partial charge in [-0.15, -0.1) is 0 Å². The summed E-state index contributed by atoms with van der Waals surface area (Å²) < 4.78 is 15.8. The first-order valence-corrected chi connectivity index (χ1v) is 10.2. The van der Waals surface area contributed by atoms with Crippen molar-refractivity contribution in [3.8, 4) is 17.2 Å². The maximum Gasteiger partial charge on any atom is 0.343 e. The number of halogens is 1. The average Bonchev–Trinajstić information content (AvgIpc) is 2.84. The molecule has 174 valence electrons. The first-order valence-electron chi connectivity index (χ1n) is 9.84. The number of hydrogen-bond acceptors (Lipinski definition) is 7. The van der Waals surface area contributed by atoms with E-state index in [4.69, 9.17) is 25.8 Å². The van der Waals surface area contributed by atoms with Crippen molar-refractivity contribution in [2.45, 2.75) is 0 Å². The molecule has 0 bridgehead atoms. The fraction of sp³-hybridized carbons (Fsp3) is 0.0833. The summed E-state index contributed by atoms with van der Waals surface area (Å²) in [5, 5.41) is 6.59. The lowest BCUT2D eigenvalue weighted by molar-refractivity contribution is -0.136. The Morgan fingerprint density at radius 2 is 1.65 bits per heavy atom. The largest absolute Gasteiger partial charge is 0.497 e. The van der Waals surface area contributed by atoms with Gasteiger partial charge in [-0.05, 0) is 66.2 Å². The molecule has 0 aliphatic heterocycles. The molecule has 0 saturated carbocycles. The van der Waals surface area contributed by atoms with Crippen LogP contribution in [0.5, 0.6) is 17.2 Å². The SMILES string of the molecule is COc1ccc(C(=O)Oc2ccc(C=NNC(=O)C(=O)Nc3cccc(Cl)c3)cc2OC)cc1. The lowest BCUT2D eigenvalue weighted by Gasteiger charge is -2.10. The summed E-state index contributed by atoms with van der Waals surface area (Å²) in [5.41, 5.74) is 3.37. The molecule has 0 fully saturated rings. The Bertz CT molecular complexity index is 1230. The molecule has 0 aliphatic rings. The van der Waals surface area contributed by atoms with Crippen molar-refractivity contribution in [1.82, 2.24) is 5.43 Å². The molecule has 3 aromatic carbocycles. The van der Waals surface area contributed by atoms with Crippen molar-refractivity contribution in [1.29, 1.82) is 0 Å². The van der Waals surface area contributed by atoms with E-state index in [0.29, 0.717) is 27.6 Å². The number of carbonyl (C=O) groups is 3. The number of esters is 1. The number of nitrogens with one attached hydrogen (secondary N) is 2. The molecule has 0 atom stereocenters. The van der Waals surface area contributed by atoms with Crippen LogP contribution in [-0.4, -0.2) is 38.2 Å². The maximum atomic E-state index is 12.4. The minimum atomic E-state index is -0.965. The Kier molecular flexibility index (Phi) is 8.20. The lowest BCUT2D eigenvalue weighted by Crippen LogP contribution is -2.32. The number of carbonyl (C=O) groups excluding carboxylic acids is 3. The number of hydrazone groups is 1. The molecule has 34 heavy (non-hydrogen) atoms. The van der Waals surface area contributed by atoms with Crippen LogP contribution < -0.4 is 25.0 Å². The van der Waals surface area contributed by atoms with Crippen LogP contribution in [-0.2, 0) is 9.59 Å². The minimum absolute atomic E-state index is 0.199. The van der Waals surface area contributed by atoms with Gasteiger partial charge in [0.2, 0.25) is 0 Å². The maximum absolute atomic E-state index is 12.4. The molecule has 3 aromatic rings.